The zero-order valence-electron chi connectivity index (χ0n) is 41.5. The van der Waals surface area contributed by atoms with Gasteiger partial charge in [0.05, 0.1) is 59.1 Å². The fraction of sp³-hybridized carbons (Fsp3) is 0.580. The van der Waals surface area contributed by atoms with Crippen molar-refractivity contribution in [2.75, 3.05) is 61.6 Å². The van der Waals surface area contributed by atoms with Gasteiger partial charge in [0.1, 0.15) is 42.7 Å². The van der Waals surface area contributed by atoms with Crippen LogP contribution in [0.3, 0.4) is 0 Å². The average Bonchev–Trinajstić information content (AvgIpc) is 3.38. The third kappa shape index (κ3) is 15.1. The van der Waals surface area contributed by atoms with E-state index in [4.69, 9.17) is 75.2 Å². The monoisotopic (exact) mass is 1030 g/mol. The summed E-state index contributed by atoms with van der Waals surface area (Å²) in [7, 11) is 3.44. The van der Waals surface area contributed by atoms with Crippen LogP contribution >= 0.6 is 0 Å². The van der Waals surface area contributed by atoms with Crippen LogP contribution in [0.15, 0.2) is 91.0 Å². The second-order valence-electron chi connectivity index (χ2n) is 17.0. The van der Waals surface area contributed by atoms with Gasteiger partial charge in [0.2, 0.25) is 0 Å². The Morgan fingerprint density at radius 1 is 0.500 bits per heavy atom. The molecule has 0 amide bonds. The third-order valence-corrected chi connectivity index (χ3v) is 13.6. The number of carbonyl (C=O) groups excluding carboxylic acids is 3. The normalized spacial score (nSPS) is 30.8. The Morgan fingerprint density at radius 2 is 0.972 bits per heavy atom. The van der Waals surface area contributed by atoms with Gasteiger partial charge < -0.3 is 71.1 Å². The molecule has 22 heteroatoms. The Balaban J connectivity index is 1.39. The van der Waals surface area contributed by atoms with Crippen LogP contribution in [-0.2, 0) is 120 Å². The number of ether oxygens (including phenoxy) is 15. The zero-order chi connectivity index (χ0) is 51.8. The van der Waals surface area contributed by atoms with E-state index in [2.05, 4.69) is 0 Å². The zero-order valence-corrected chi connectivity index (χ0v) is 42.4. The largest absolute Gasteiger partial charge is 0.467 e. The lowest BCUT2D eigenvalue weighted by Crippen LogP contribution is -2.68. The van der Waals surface area contributed by atoms with E-state index in [9.17, 15) is 22.8 Å². The maximum absolute atomic E-state index is 14.1. The molecule has 0 saturated carbocycles. The standard InChI is InChI=1S/C50H66O21S/c1-30(51)65-43-42(70-49-45(58-5)41(57-4)40(56-3)37(68-49)28-63-25-33-20-14-10-15-21-33)44(47(53)59-6)71-50(46(43)66-31(2)52)69-38-35(29-72(54,55)61-8)39(64-26-34-22-16-11-17-23-34)48(60-7)67-36(38)27-62-24-32-18-12-9-13-19-32/h9-23,35-46,48-50H,24-29H2,1-8H3/t35-,36+,37+,38-,39+,40+,41-,42-,43-,44-,45+,46+,48-,49+,50+/m0/s1. The molecule has 0 spiro atoms. The van der Waals surface area contributed by atoms with E-state index in [1.807, 2.05) is 91.0 Å². The molecule has 0 aromatic heterocycles. The first-order valence-electron chi connectivity index (χ1n) is 23.2. The van der Waals surface area contributed by atoms with Gasteiger partial charge in [-0.15, -0.1) is 0 Å². The predicted molar refractivity (Wildman–Crippen MR) is 250 cm³/mol. The lowest BCUT2D eigenvalue weighted by atomic mass is 9.89. The van der Waals surface area contributed by atoms with Gasteiger partial charge in [-0.1, -0.05) is 91.0 Å². The highest BCUT2D eigenvalue weighted by molar-refractivity contribution is 7.86. The fourth-order valence-corrected chi connectivity index (χ4v) is 9.94. The Morgan fingerprint density at radius 3 is 1.46 bits per heavy atom. The summed E-state index contributed by atoms with van der Waals surface area (Å²) in [6.07, 6.45) is -18.8. The van der Waals surface area contributed by atoms with Gasteiger partial charge >= 0.3 is 17.9 Å². The van der Waals surface area contributed by atoms with Gasteiger partial charge in [-0.05, 0) is 16.7 Å². The van der Waals surface area contributed by atoms with Crippen molar-refractivity contribution in [2.45, 2.75) is 120 Å². The van der Waals surface area contributed by atoms with Gasteiger partial charge in [-0.3, -0.25) is 13.8 Å². The smallest absolute Gasteiger partial charge is 0.338 e. The molecule has 3 saturated heterocycles. The van der Waals surface area contributed by atoms with Gasteiger partial charge in [-0.25, -0.2) is 4.79 Å². The number of methoxy groups -OCH3 is 5. The van der Waals surface area contributed by atoms with Crippen molar-refractivity contribution in [1.29, 1.82) is 0 Å². The maximum Gasteiger partial charge on any atom is 0.338 e. The lowest BCUT2D eigenvalue weighted by molar-refractivity contribution is -0.375. The highest BCUT2D eigenvalue weighted by Gasteiger charge is 2.59. The third-order valence-electron chi connectivity index (χ3n) is 12.3. The van der Waals surface area contributed by atoms with E-state index in [0.717, 1.165) is 44.8 Å². The van der Waals surface area contributed by atoms with Crippen LogP contribution in [0.25, 0.3) is 0 Å². The second kappa shape index (κ2) is 27.7. The maximum atomic E-state index is 14.1. The summed E-state index contributed by atoms with van der Waals surface area (Å²) in [4.78, 5) is 40.4. The molecule has 3 heterocycles. The highest BCUT2D eigenvalue weighted by Crippen LogP contribution is 2.39. The fourth-order valence-electron chi connectivity index (χ4n) is 8.95. The molecule has 0 N–H and O–H groups in total. The summed E-state index contributed by atoms with van der Waals surface area (Å²) in [6.45, 7) is 2.26. The Kier molecular flexibility index (Phi) is 21.8. The van der Waals surface area contributed by atoms with E-state index in [1.54, 1.807) is 0 Å². The molecule has 3 aliphatic heterocycles. The minimum Gasteiger partial charge on any atom is -0.467 e. The number of rotatable bonds is 25. The number of esters is 3. The quantitative estimate of drug-likeness (QED) is 0.0673. The molecule has 21 nitrogen and oxygen atoms in total. The molecule has 0 unspecified atom stereocenters. The number of benzene rings is 3. The van der Waals surface area contributed by atoms with E-state index < -0.39 is 126 Å². The van der Waals surface area contributed by atoms with E-state index >= 15 is 0 Å². The summed E-state index contributed by atoms with van der Waals surface area (Å²) in [5, 5.41) is 0. The van der Waals surface area contributed by atoms with Crippen LogP contribution in [-0.4, -0.2) is 174 Å². The van der Waals surface area contributed by atoms with Crippen LogP contribution in [0.4, 0.5) is 0 Å². The van der Waals surface area contributed by atoms with Gasteiger partial charge in [0.15, 0.2) is 37.2 Å². The number of hydrogen-bond acceptors (Lipinski definition) is 21. The summed E-state index contributed by atoms with van der Waals surface area (Å²) in [5.74, 6) is -4.77. The van der Waals surface area contributed by atoms with Crippen LogP contribution in [0, 0.1) is 5.92 Å². The van der Waals surface area contributed by atoms with Crippen molar-refractivity contribution >= 4 is 28.0 Å². The van der Waals surface area contributed by atoms with Crippen LogP contribution in [0.5, 0.6) is 0 Å². The van der Waals surface area contributed by atoms with Crippen molar-refractivity contribution in [3.05, 3.63) is 108 Å². The van der Waals surface area contributed by atoms with E-state index in [0.29, 0.717) is 0 Å². The first kappa shape index (κ1) is 56.8. The second-order valence-corrected chi connectivity index (χ2v) is 18.8. The molecule has 3 aromatic carbocycles. The predicted octanol–water partition coefficient (Wildman–Crippen LogP) is 3.27. The van der Waals surface area contributed by atoms with Gasteiger partial charge in [0, 0.05) is 48.2 Å². The molecule has 72 heavy (non-hydrogen) atoms. The molecular weight excluding hydrogens is 969 g/mol. The van der Waals surface area contributed by atoms with Crippen molar-refractivity contribution in [1.82, 2.24) is 0 Å². The molecule has 0 aliphatic carbocycles. The van der Waals surface area contributed by atoms with Gasteiger partial charge in [0.25, 0.3) is 10.1 Å². The van der Waals surface area contributed by atoms with Crippen LogP contribution in [0.2, 0.25) is 0 Å². The molecule has 0 bridgehead atoms. The van der Waals surface area contributed by atoms with Crippen molar-refractivity contribution in [2.24, 2.45) is 5.92 Å². The molecule has 0 radical (unpaired) electrons. The summed E-state index contributed by atoms with van der Waals surface area (Å²) >= 11 is 0. The minimum absolute atomic E-state index is 0.0190. The molecule has 3 aliphatic rings. The molecule has 15 atom stereocenters. The number of carbonyl (C=O) groups is 3. The summed E-state index contributed by atoms with van der Waals surface area (Å²) in [6, 6.07) is 27.8. The van der Waals surface area contributed by atoms with E-state index in [-0.39, 0.29) is 33.0 Å². The SMILES string of the molecule is COC(=O)[C@H]1O[C@@H](O[C@H]2[C@H](CS(=O)(=O)OC)[C@@H](OCc3ccccc3)[C@@H](OC)O[C@@H]2COCc2ccccc2)[C@H](OC(C)=O)[C@@H](OC(C)=O)[C@@H]1O[C@H]1O[C@H](COCc2ccccc2)[C@@H](OC)[C@H](OC)[C@H]1OC. The first-order chi connectivity index (χ1) is 34.7. The Hall–Kier alpha value is -4.50. The van der Waals surface area contributed by atoms with Gasteiger partial charge in [-0.2, -0.15) is 8.42 Å². The van der Waals surface area contributed by atoms with Crippen molar-refractivity contribution in [3.8, 4) is 0 Å². The van der Waals surface area contributed by atoms with Crippen molar-refractivity contribution in [3.63, 3.8) is 0 Å². The van der Waals surface area contributed by atoms with Crippen molar-refractivity contribution < 1.29 is 98.0 Å². The summed E-state index contributed by atoms with van der Waals surface area (Å²) < 4.78 is 124. The Bertz CT molecular complexity index is 2220. The van der Waals surface area contributed by atoms with Crippen LogP contribution < -0.4 is 0 Å². The van der Waals surface area contributed by atoms with Crippen LogP contribution in [0.1, 0.15) is 30.5 Å². The minimum atomic E-state index is -4.34. The highest BCUT2D eigenvalue weighted by atomic mass is 32.2. The first-order valence-corrected chi connectivity index (χ1v) is 24.8. The average molecular weight is 1040 g/mol. The Labute approximate surface area is 419 Å². The number of hydrogen-bond donors (Lipinski definition) is 0. The summed E-state index contributed by atoms with van der Waals surface area (Å²) in [5.41, 5.74) is 2.46. The lowest BCUT2D eigenvalue weighted by Gasteiger charge is -2.50. The molecule has 3 fully saturated rings. The molecule has 3 aromatic rings. The molecule has 398 valence electrons. The molecular formula is C50H66O21S. The topological polar surface area (TPSA) is 233 Å². The van der Waals surface area contributed by atoms with E-state index in [1.165, 1.54) is 28.4 Å². The molecule has 6 rings (SSSR count).